The molecule has 1 unspecified atom stereocenters. The molecule has 1 aromatic rings. The highest BCUT2D eigenvalue weighted by Crippen LogP contribution is 2.33. The van der Waals surface area contributed by atoms with E-state index >= 15 is 0 Å². The van der Waals surface area contributed by atoms with E-state index in [1.54, 1.807) is 7.11 Å². The topological polar surface area (TPSA) is 35.2 Å². The molecule has 0 heterocycles. The van der Waals surface area contributed by atoms with Crippen LogP contribution in [0.2, 0.25) is 0 Å². The minimum Gasteiger partial charge on any atom is -0.496 e. The first-order valence-electron chi connectivity index (χ1n) is 5.73. The van der Waals surface area contributed by atoms with Gasteiger partial charge < -0.3 is 10.5 Å². The highest BCUT2D eigenvalue weighted by atomic mass is 79.9. The van der Waals surface area contributed by atoms with Gasteiger partial charge in [0.05, 0.1) is 7.11 Å². The molecule has 16 heavy (non-hydrogen) atoms. The minimum absolute atomic E-state index is 0.0439. The van der Waals surface area contributed by atoms with Crippen molar-refractivity contribution in [3.63, 3.8) is 0 Å². The summed E-state index contributed by atoms with van der Waals surface area (Å²) in [6.45, 7) is 4.36. The first kappa shape index (κ1) is 13.5. The lowest BCUT2D eigenvalue weighted by Gasteiger charge is -2.23. The Morgan fingerprint density at radius 3 is 2.44 bits per heavy atom. The molecule has 0 aliphatic carbocycles. The van der Waals surface area contributed by atoms with Crippen LogP contribution in [0.5, 0.6) is 5.75 Å². The van der Waals surface area contributed by atoms with Gasteiger partial charge in [0, 0.05) is 16.1 Å². The van der Waals surface area contributed by atoms with Crippen molar-refractivity contribution in [1.82, 2.24) is 0 Å². The van der Waals surface area contributed by atoms with Crippen LogP contribution in [0.1, 0.15) is 38.3 Å². The van der Waals surface area contributed by atoms with Crippen molar-refractivity contribution in [1.29, 1.82) is 0 Å². The highest BCUT2D eigenvalue weighted by Gasteiger charge is 2.19. The van der Waals surface area contributed by atoms with Crippen molar-refractivity contribution < 1.29 is 4.74 Å². The quantitative estimate of drug-likeness (QED) is 0.891. The van der Waals surface area contributed by atoms with Gasteiger partial charge in [-0.25, -0.2) is 0 Å². The van der Waals surface area contributed by atoms with E-state index in [1.165, 1.54) is 0 Å². The van der Waals surface area contributed by atoms with E-state index in [-0.39, 0.29) is 6.04 Å². The Balaban J connectivity index is 3.04. The summed E-state index contributed by atoms with van der Waals surface area (Å²) in [4.78, 5) is 0. The van der Waals surface area contributed by atoms with Crippen LogP contribution in [0.3, 0.4) is 0 Å². The number of halogens is 1. The molecule has 0 amide bonds. The largest absolute Gasteiger partial charge is 0.496 e. The standard InChI is InChI=1S/C13H20BrNO/c1-4-9(5-2)13(15)11-8-10(14)6-7-12(11)16-3/h6-9,13H,4-5,15H2,1-3H3. The van der Waals surface area contributed by atoms with Crippen LogP contribution in [-0.2, 0) is 0 Å². The summed E-state index contributed by atoms with van der Waals surface area (Å²) in [6, 6.07) is 6.04. The molecule has 2 nitrogen and oxygen atoms in total. The lowest BCUT2D eigenvalue weighted by atomic mass is 9.89. The molecule has 0 bridgehead atoms. The summed E-state index contributed by atoms with van der Waals surface area (Å²) < 4.78 is 6.41. The van der Waals surface area contributed by atoms with E-state index in [2.05, 4.69) is 35.8 Å². The predicted octanol–water partition coefficient (Wildman–Crippen LogP) is 3.89. The Labute approximate surface area is 106 Å². The van der Waals surface area contributed by atoms with E-state index in [0.717, 1.165) is 28.6 Å². The third-order valence-corrected chi connectivity index (χ3v) is 3.60. The monoisotopic (exact) mass is 285 g/mol. The lowest BCUT2D eigenvalue weighted by Crippen LogP contribution is -2.21. The number of hydrogen-bond donors (Lipinski definition) is 1. The van der Waals surface area contributed by atoms with Crippen LogP contribution in [0.15, 0.2) is 22.7 Å². The summed E-state index contributed by atoms with van der Waals surface area (Å²) in [5, 5.41) is 0. The van der Waals surface area contributed by atoms with Crippen molar-refractivity contribution in [2.75, 3.05) is 7.11 Å². The summed E-state index contributed by atoms with van der Waals surface area (Å²) >= 11 is 3.48. The zero-order chi connectivity index (χ0) is 12.1. The summed E-state index contributed by atoms with van der Waals surface area (Å²) in [5.41, 5.74) is 7.39. The maximum absolute atomic E-state index is 6.30. The van der Waals surface area contributed by atoms with Crippen molar-refractivity contribution in [2.24, 2.45) is 11.7 Å². The third-order valence-electron chi connectivity index (χ3n) is 3.11. The van der Waals surface area contributed by atoms with Gasteiger partial charge in [-0.3, -0.25) is 0 Å². The number of rotatable bonds is 5. The normalized spacial score (nSPS) is 12.9. The molecule has 0 radical (unpaired) electrons. The zero-order valence-corrected chi connectivity index (χ0v) is 11.8. The fraction of sp³-hybridized carbons (Fsp3) is 0.538. The number of ether oxygens (including phenoxy) is 1. The molecule has 0 fully saturated rings. The van der Waals surface area contributed by atoms with E-state index in [0.29, 0.717) is 5.92 Å². The van der Waals surface area contributed by atoms with Crippen LogP contribution >= 0.6 is 15.9 Å². The van der Waals surface area contributed by atoms with Crippen LogP contribution in [0.4, 0.5) is 0 Å². The Kier molecular flexibility index (Phi) is 5.29. The molecule has 1 aromatic carbocycles. The molecule has 90 valence electrons. The molecule has 0 spiro atoms. The lowest BCUT2D eigenvalue weighted by molar-refractivity contribution is 0.371. The van der Waals surface area contributed by atoms with Gasteiger partial charge in [-0.05, 0) is 24.1 Å². The highest BCUT2D eigenvalue weighted by molar-refractivity contribution is 9.10. The number of nitrogens with two attached hydrogens (primary N) is 1. The van der Waals surface area contributed by atoms with Crippen molar-refractivity contribution in [3.8, 4) is 5.75 Å². The maximum Gasteiger partial charge on any atom is 0.123 e. The maximum atomic E-state index is 6.30. The van der Waals surface area contributed by atoms with Crippen molar-refractivity contribution in [2.45, 2.75) is 32.7 Å². The van der Waals surface area contributed by atoms with E-state index in [1.807, 2.05) is 12.1 Å². The Morgan fingerprint density at radius 2 is 1.94 bits per heavy atom. The second-order valence-corrected chi connectivity index (χ2v) is 4.90. The number of hydrogen-bond acceptors (Lipinski definition) is 2. The van der Waals surface area contributed by atoms with E-state index < -0.39 is 0 Å². The number of methoxy groups -OCH3 is 1. The molecule has 3 heteroatoms. The smallest absolute Gasteiger partial charge is 0.123 e. The SMILES string of the molecule is CCC(CC)C(N)c1cc(Br)ccc1OC. The van der Waals surface area contributed by atoms with Crippen LogP contribution in [-0.4, -0.2) is 7.11 Å². The summed E-state index contributed by atoms with van der Waals surface area (Å²) in [6.07, 6.45) is 2.18. The van der Waals surface area contributed by atoms with Gasteiger partial charge in [0.15, 0.2) is 0 Å². The van der Waals surface area contributed by atoms with Gasteiger partial charge in [0.1, 0.15) is 5.75 Å². The molecular weight excluding hydrogens is 266 g/mol. The Morgan fingerprint density at radius 1 is 1.31 bits per heavy atom. The van der Waals surface area contributed by atoms with Gasteiger partial charge in [0.25, 0.3) is 0 Å². The second-order valence-electron chi connectivity index (χ2n) is 3.99. The fourth-order valence-corrected chi connectivity index (χ4v) is 2.39. The average Bonchev–Trinajstić information content (AvgIpc) is 2.30. The van der Waals surface area contributed by atoms with Crippen LogP contribution in [0.25, 0.3) is 0 Å². The molecule has 1 rings (SSSR count). The number of benzene rings is 1. The molecule has 1 atom stereocenters. The molecule has 2 N–H and O–H groups in total. The van der Waals surface area contributed by atoms with E-state index in [4.69, 9.17) is 10.5 Å². The first-order chi connectivity index (χ1) is 7.63. The van der Waals surface area contributed by atoms with Crippen LogP contribution in [0, 0.1) is 5.92 Å². The van der Waals surface area contributed by atoms with E-state index in [9.17, 15) is 0 Å². The minimum atomic E-state index is 0.0439. The van der Waals surface area contributed by atoms with Gasteiger partial charge >= 0.3 is 0 Å². The molecule has 0 aliphatic rings. The molecule has 0 saturated heterocycles. The third kappa shape index (κ3) is 2.98. The summed E-state index contributed by atoms with van der Waals surface area (Å²) in [5.74, 6) is 1.38. The Bertz CT molecular complexity index is 337. The van der Waals surface area contributed by atoms with Crippen molar-refractivity contribution in [3.05, 3.63) is 28.2 Å². The van der Waals surface area contributed by atoms with Gasteiger partial charge in [0.2, 0.25) is 0 Å². The summed E-state index contributed by atoms with van der Waals surface area (Å²) in [7, 11) is 1.69. The Hall–Kier alpha value is -0.540. The average molecular weight is 286 g/mol. The predicted molar refractivity (Wildman–Crippen MR) is 71.7 cm³/mol. The van der Waals surface area contributed by atoms with Gasteiger partial charge in [-0.2, -0.15) is 0 Å². The molecule has 0 aromatic heterocycles. The van der Waals surface area contributed by atoms with Crippen molar-refractivity contribution >= 4 is 15.9 Å². The van der Waals surface area contributed by atoms with Crippen LogP contribution < -0.4 is 10.5 Å². The first-order valence-corrected chi connectivity index (χ1v) is 6.52. The molecular formula is C13H20BrNO. The molecule has 0 saturated carbocycles. The second kappa shape index (κ2) is 6.26. The fourth-order valence-electron chi connectivity index (χ4n) is 2.02. The van der Waals surface area contributed by atoms with Gasteiger partial charge in [-0.1, -0.05) is 42.6 Å². The van der Waals surface area contributed by atoms with Gasteiger partial charge in [-0.15, -0.1) is 0 Å². The zero-order valence-electron chi connectivity index (χ0n) is 10.2. The molecule has 0 aliphatic heterocycles.